The smallest absolute Gasteiger partial charge is 0.262 e. The van der Waals surface area contributed by atoms with Gasteiger partial charge in [-0.05, 0) is 26.0 Å². The van der Waals surface area contributed by atoms with Crippen LogP contribution in [0, 0.1) is 18.3 Å². The summed E-state index contributed by atoms with van der Waals surface area (Å²) in [4.78, 5) is 43.0. The highest BCUT2D eigenvalue weighted by molar-refractivity contribution is 8.01. The van der Waals surface area contributed by atoms with Gasteiger partial charge in [-0.1, -0.05) is 46.3 Å². The standard InChI is InChI=1S/C17H12Cl2N4O3S2/c1-7-16(27-4-3-20)28-17(21-7)22-13(24)8(2)23-14(25)9-5-11(18)12(19)6-10(9)15(23)26/h5-6,8H,4H2,1-2H3,(H,21,22,24). The van der Waals surface area contributed by atoms with E-state index in [4.69, 9.17) is 28.5 Å². The molecule has 3 rings (SSSR count). The maximum Gasteiger partial charge on any atom is 0.262 e. The van der Waals surface area contributed by atoms with Crippen LogP contribution in [0.15, 0.2) is 16.3 Å². The Morgan fingerprint density at radius 2 is 1.89 bits per heavy atom. The van der Waals surface area contributed by atoms with Gasteiger partial charge in [0.1, 0.15) is 6.04 Å². The molecule has 3 amide bonds. The summed E-state index contributed by atoms with van der Waals surface area (Å²) >= 11 is 14.4. The van der Waals surface area contributed by atoms with Gasteiger partial charge >= 0.3 is 0 Å². The number of benzene rings is 1. The molecule has 1 aromatic carbocycles. The molecule has 1 unspecified atom stereocenters. The van der Waals surface area contributed by atoms with Gasteiger partial charge in [-0.3, -0.25) is 19.3 Å². The molecule has 1 atom stereocenters. The first-order valence-corrected chi connectivity index (χ1v) is 10.4. The Labute approximate surface area is 178 Å². The number of aryl methyl sites for hydroxylation is 1. The lowest BCUT2D eigenvalue weighted by molar-refractivity contribution is -0.119. The van der Waals surface area contributed by atoms with Crippen molar-refractivity contribution in [2.45, 2.75) is 24.1 Å². The van der Waals surface area contributed by atoms with Crippen molar-refractivity contribution in [1.82, 2.24) is 9.88 Å². The SMILES string of the molecule is Cc1nc(NC(=O)C(C)N2C(=O)c3cc(Cl)c(Cl)cc3C2=O)sc1SCC#N. The van der Waals surface area contributed by atoms with Crippen LogP contribution in [0.4, 0.5) is 5.13 Å². The van der Waals surface area contributed by atoms with E-state index in [1.807, 2.05) is 6.07 Å². The van der Waals surface area contributed by atoms with E-state index in [-0.39, 0.29) is 26.9 Å². The normalized spacial score (nSPS) is 14.0. The van der Waals surface area contributed by atoms with Gasteiger partial charge in [-0.15, -0.1) is 0 Å². The minimum absolute atomic E-state index is 0.110. The van der Waals surface area contributed by atoms with Gasteiger partial charge in [-0.2, -0.15) is 5.26 Å². The fourth-order valence-corrected chi connectivity index (χ4v) is 4.73. The number of nitrogens with one attached hydrogen (secondary N) is 1. The van der Waals surface area contributed by atoms with E-state index < -0.39 is 23.8 Å². The van der Waals surface area contributed by atoms with Crippen molar-refractivity contribution in [3.8, 4) is 6.07 Å². The van der Waals surface area contributed by atoms with E-state index in [9.17, 15) is 14.4 Å². The second-order valence-corrected chi connectivity index (χ2v) is 8.85. The molecule has 2 aromatic rings. The first-order valence-electron chi connectivity index (χ1n) is 7.89. The van der Waals surface area contributed by atoms with Gasteiger partial charge in [0.05, 0.1) is 42.9 Å². The van der Waals surface area contributed by atoms with Crippen LogP contribution in [-0.2, 0) is 4.79 Å². The molecule has 0 aliphatic carbocycles. The number of carbonyl (C=O) groups is 3. The molecule has 1 aromatic heterocycles. The van der Waals surface area contributed by atoms with Crippen molar-refractivity contribution in [1.29, 1.82) is 5.26 Å². The van der Waals surface area contributed by atoms with Gasteiger partial charge in [0, 0.05) is 0 Å². The van der Waals surface area contributed by atoms with E-state index in [1.54, 1.807) is 6.92 Å². The van der Waals surface area contributed by atoms with E-state index in [0.717, 1.165) is 9.11 Å². The van der Waals surface area contributed by atoms with Crippen molar-refractivity contribution in [2.24, 2.45) is 0 Å². The van der Waals surface area contributed by atoms with Gasteiger partial charge in [0.15, 0.2) is 5.13 Å². The largest absolute Gasteiger partial charge is 0.300 e. The molecule has 2 heterocycles. The lowest BCUT2D eigenvalue weighted by atomic mass is 10.1. The first kappa shape index (κ1) is 20.6. The molecule has 0 saturated heterocycles. The molecular formula is C17H12Cl2N4O3S2. The summed E-state index contributed by atoms with van der Waals surface area (Å²) in [6.45, 7) is 3.22. The van der Waals surface area contributed by atoms with Crippen LogP contribution in [0.3, 0.4) is 0 Å². The number of halogens is 2. The number of carbonyl (C=O) groups excluding carboxylic acids is 3. The van der Waals surface area contributed by atoms with Crippen LogP contribution >= 0.6 is 46.3 Å². The van der Waals surface area contributed by atoms with Crippen LogP contribution in [0.1, 0.15) is 33.3 Å². The Balaban J connectivity index is 1.78. The molecule has 144 valence electrons. The second kappa shape index (κ2) is 8.09. The highest BCUT2D eigenvalue weighted by atomic mass is 35.5. The highest BCUT2D eigenvalue weighted by Gasteiger charge is 2.41. The number of hydrogen-bond acceptors (Lipinski definition) is 7. The average Bonchev–Trinajstić information content (AvgIpc) is 3.10. The average molecular weight is 455 g/mol. The van der Waals surface area contributed by atoms with Gasteiger partial charge in [0.25, 0.3) is 11.8 Å². The second-order valence-electron chi connectivity index (χ2n) is 5.80. The molecule has 0 fully saturated rings. The summed E-state index contributed by atoms with van der Waals surface area (Å²) in [6.07, 6.45) is 0. The number of nitrogens with zero attached hydrogens (tertiary/aromatic N) is 3. The van der Waals surface area contributed by atoms with E-state index in [1.165, 1.54) is 42.2 Å². The van der Waals surface area contributed by atoms with Crippen molar-refractivity contribution < 1.29 is 14.4 Å². The van der Waals surface area contributed by atoms with Crippen molar-refractivity contribution in [3.63, 3.8) is 0 Å². The third-order valence-corrected chi connectivity index (χ3v) is 7.00. The Morgan fingerprint density at radius 3 is 2.43 bits per heavy atom. The fraction of sp³-hybridized carbons (Fsp3) is 0.235. The zero-order valence-electron chi connectivity index (χ0n) is 14.6. The summed E-state index contributed by atoms with van der Waals surface area (Å²) in [5, 5.41) is 11.9. The monoisotopic (exact) mass is 454 g/mol. The minimum Gasteiger partial charge on any atom is -0.300 e. The maximum atomic E-state index is 12.6. The molecule has 0 bridgehead atoms. The quantitative estimate of drug-likeness (QED) is 0.540. The highest BCUT2D eigenvalue weighted by Crippen LogP contribution is 2.34. The fourth-order valence-electron chi connectivity index (χ4n) is 2.60. The number of anilines is 1. The van der Waals surface area contributed by atoms with Crippen molar-refractivity contribution >= 4 is 69.2 Å². The van der Waals surface area contributed by atoms with E-state index in [0.29, 0.717) is 10.8 Å². The predicted octanol–water partition coefficient (Wildman–Crippen LogP) is 4.00. The zero-order valence-corrected chi connectivity index (χ0v) is 17.7. The number of amides is 3. The zero-order chi connectivity index (χ0) is 20.6. The van der Waals surface area contributed by atoms with Crippen LogP contribution < -0.4 is 5.32 Å². The number of fused-ring (bicyclic) bond motifs is 1. The molecule has 1 aliphatic heterocycles. The number of aromatic nitrogens is 1. The lowest BCUT2D eigenvalue weighted by Crippen LogP contribution is -2.45. The minimum atomic E-state index is -1.07. The molecule has 0 spiro atoms. The van der Waals surface area contributed by atoms with Gasteiger partial charge < -0.3 is 5.32 Å². The van der Waals surface area contributed by atoms with Crippen molar-refractivity contribution in [2.75, 3.05) is 11.1 Å². The Bertz CT molecular complexity index is 1010. The van der Waals surface area contributed by atoms with E-state index >= 15 is 0 Å². The molecule has 28 heavy (non-hydrogen) atoms. The molecule has 7 nitrogen and oxygen atoms in total. The Hall–Kier alpha value is -2.12. The number of nitriles is 1. The first-order chi connectivity index (χ1) is 13.2. The number of hydrogen-bond donors (Lipinski definition) is 1. The number of thiazole rings is 1. The summed E-state index contributed by atoms with van der Waals surface area (Å²) in [5.41, 5.74) is 0.914. The predicted molar refractivity (Wildman–Crippen MR) is 108 cm³/mol. The molecular weight excluding hydrogens is 443 g/mol. The van der Waals surface area contributed by atoms with Gasteiger partial charge in [0.2, 0.25) is 5.91 Å². The molecule has 0 radical (unpaired) electrons. The summed E-state index contributed by atoms with van der Waals surface area (Å²) in [7, 11) is 0. The lowest BCUT2D eigenvalue weighted by Gasteiger charge is -2.21. The van der Waals surface area contributed by atoms with Crippen molar-refractivity contribution in [3.05, 3.63) is 39.0 Å². The summed E-state index contributed by atoms with van der Waals surface area (Å²) < 4.78 is 0.814. The third kappa shape index (κ3) is 3.73. The molecule has 1 aliphatic rings. The Kier molecular flexibility index (Phi) is 5.95. The molecule has 1 N–H and O–H groups in total. The number of rotatable bonds is 5. The van der Waals surface area contributed by atoms with Crippen LogP contribution in [0.25, 0.3) is 0 Å². The molecule has 0 saturated carbocycles. The van der Waals surface area contributed by atoms with Crippen LogP contribution in [0.5, 0.6) is 0 Å². The summed E-state index contributed by atoms with van der Waals surface area (Å²) in [6, 6.07) is 3.62. The van der Waals surface area contributed by atoms with Gasteiger partial charge in [-0.25, -0.2) is 4.98 Å². The Morgan fingerprint density at radius 1 is 1.32 bits per heavy atom. The summed E-state index contributed by atoms with van der Waals surface area (Å²) in [5.74, 6) is -1.51. The third-order valence-electron chi connectivity index (χ3n) is 3.98. The topological polar surface area (TPSA) is 103 Å². The van der Waals surface area contributed by atoms with E-state index in [2.05, 4.69) is 10.3 Å². The molecule has 11 heteroatoms. The van der Waals surface area contributed by atoms with Crippen LogP contribution in [0.2, 0.25) is 10.0 Å². The maximum absolute atomic E-state index is 12.6. The number of imide groups is 1. The van der Waals surface area contributed by atoms with Crippen LogP contribution in [-0.4, -0.2) is 39.4 Å². The number of thioether (sulfide) groups is 1.